The number of rotatable bonds is 11. The van der Waals surface area contributed by atoms with Gasteiger partial charge < -0.3 is 14.0 Å². The fourth-order valence-corrected chi connectivity index (χ4v) is 5.26. The number of pyridine rings is 1. The second-order valence-electron chi connectivity index (χ2n) is 8.55. The van der Waals surface area contributed by atoms with Crippen LogP contribution in [0.1, 0.15) is 38.6 Å². The van der Waals surface area contributed by atoms with Crippen molar-refractivity contribution in [2.24, 2.45) is 0 Å². The van der Waals surface area contributed by atoms with E-state index in [0.717, 1.165) is 35.2 Å². The average Bonchev–Trinajstić information content (AvgIpc) is 3.22. The van der Waals surface area contributed by atoms with Gasteiger partial charge in [-0.15, -0.1) is 0 Å². The third kappa shape index (κ3) is 5.29. The zero-order valence-corrected chi connectivity index (χ0v) is 21.2. The molecule has 0 aliphatic heterocycles. The first kappa shape index (κ1) is 25.0. The van der Waals surface area contributed by atoms with E-state index >= 15 is 0 Å². The van der Waals surface area contributed by atoms with Gasteiger partial charge in [-0.3, -0.25) is 4.98 Å². The highest BCUT2D eigenvalue weighted by molar-refractivity contribution is 8.00. The molecular formula is C27H31N3O4S. The molecule has 0 radical (unpaired) electrons. The number of imidazole rings is 1. The molecule has 0 amide bonds. The van der Waals surface area contributed by atoms with Crippen molar-refractivity contribution in [1.82, 2.24) is 14.5 Å². The standard InChI is InChI=1S/C27H31N3O4S/c1-5-33-18-26-29-25-17-28-24-16-21(20(4)35(31,32)22-10-7-6-8-11-22)12-13-23(24)27(25)30(26)14-9-15-34-19(2)3/h6-8,10-13,16-17,19H,4-5,9,14-15,18H2,1-3H3. The summed E-state index contributed by atoms with van der Waals surface area (Å²) < 4.78 is 39.7. The molecule has 4 aromatic rings. The van der Waals surface area contributed by atoms with Crippen molar-refractivity contribution in [1.29, 1.82) is 0 Å². The number of hydrogen-bond acceptors (Lipinski definition) is 6. The second kappa shape index (κ2) is 10.7. The zero-order chi connectivity index (χ0) is 25.0. The number of hydrogen-bond donors (Lipinski definition) is 0. The average molecular weight is 494 g/mol. The van der Waals surface area contributed by atoms with Gasteiger partial charge in [0.05, 0.1) is 33.1 Å². The monoisotopic (exact) mass is 493 g/mol. The van der Waals surface area contributed by atoms with Crippen molar-refractivity contribution < 1.29 is 17.9 Å². The molecule has 0 N–H and O–H groups in total. The Hall–Kier alpha value is -3.07. The van der Waals surface area contributed by atoms with Gasteiger partial charge in [0.1, 0.15) is 17.9 Å². The number of nitrogens with zero attached hydrogens (tertiary/aromatic N) is 3. The maximum atomic E-state index is 13.1. The van der Waals surface area contributed by atoms with Gasteiger partial charge in [0.2, 0.25) is 9.84 Å². The van der Waals surface area contributed by atoms with Crippen LogP contribution in [0.25, 0.3) is 26.8 Å². The van der Waals surface area contributed by atoms with E-state index in [1.165, 1.54) is 0 Å². The van der Waals surface area contributed by atoms with Crippen LogP contribution in [-0.4, -0.2) is 42.3 Å². The minimum atomic E-state index is -3.71. The third-order valence-electron chi connectivity index (χ3n) is 5.76. The number of ether oxygens (including phenoxy) is 2. The summed E-state index contributed by atoms with van der Waals surface area (Å²) in [6.07, 6.45) is 2.74. The van der Waals surface area contributed by atoms with Gasteiger partial charge in [0.25, 0.3) is 0 Å². The molecule has 0 saturated heterocycles. The molecule has 0 spiro atoms. The van der Waals surface area contributed by atoms with Gasteiger partial charge in [-0.1, -0.05) is 30.8 Å². The highest BCUT2D eigenvalue weighted by Gasteiger charge is 2.21. The van der Waals surface area contributed by atoms with E-state index in [9.17, 15) is 8.42 Å². The molecule has 2 aromatic heterocycles. The lowest BCUT2D eigenvalue weighted by Gasteiger charge is -2.13. The van der Waals surface area contributed by atoms with E-state index in [-0.39, 0.29) is 15.9 Å². The van der Waals surface area contributed by atoms with E-state index < -0.39 is 9.84 Å². The van der Waals surface area contributed by atoms with E-state index in [2.05, 4.69) is 16.1 Å². The summed E-state index contributed by atoms with van der Waals surface area (Å²) in [6, 6.07) is 13.8. The van der Waals surface area contributed by atoms with Crippen LogP contribution >= 0.6 is 0 Å². The third-order valence-corrected chi connectivity index (χ3v) is 7.54. The number of fused-ring (bicyclic) bond motifs is 3. The van der Waals surface area contributed by atoms with Crippen LogP contribution in [0, 0.1) is 0 Å². The molecule has 2 heterocycles. The Labute approximate surface area is 206 Å². The van der Waals surface area contributed by atoms with Gasteiger partial charge in [0.15, 0.2) is 0 Å². The van der Waals surface area contributed by atoms with Gasteiger partial charge in [-0.2, -0.15) is 0 Å². The quantitative estimate of drug-likeness (QED) is 0.261. The first-order chi connectivity index (χ1) is 16.8. The molecule has 8 heteroatoms. The Morgan fingerprint density at radius 1 is 1.11 bits per heavy atom. The molecule has 0 fully saturated rings. The first-order valence-electron chi connectivity index (χ1n) is 11.8. The molecule has 0 atom stereocenters. The van der Waals surface area contributed by atoms with E-state index in [4.69, 9.17) is 14.5 Å². The normalized spacial score (nSPS) is 12.1. The summed E-state index contributed by atoms with van der Waals surface area (Å²) in [5.74, 6) is 0.834. The van der Waals surface area contributed by atoms with E-state index in [1.54, 1.807) is 48.7 Å². The SMILES string of the molecule is C=C(c1ccc2c(c1)ncc1nc(COCC)n(CCCOC(C)C)c12)S(=O)(=O)c1ccccc1. The molecule has 7 nitrogen and oxygen atoms in total. The number of benzene rings is 2. The second-order valence-corrected chi connectivity index (χ2v) is 10.5. The summed E-state index contributed by atoms with van der Waals surface area (Å²) in [5.41, 5.74) is 2.93. The molecule has 0 aliphatic rings. The molecule has 0 aliphatic carbocycles. The van der Waals surface area contributed by atoms with E-state index in [1.807, 2.05) is 26.8 Å². The molecule has 184 valence electrons. The van der Waals surface area contributed by atoms with Crippen molar-refractivity contribution >= 4 is 36.7 Å². The minimum Gasteiger partial charge on any atom is -0.379 e. The lowest BCUT2D eigenvalue weighted by molar-refractivity contribution is 0.0742. The zero-order valence-electron chi connectivity index (χ0n) is 20.4. The molecule has 2 aromatic carbocycles. The number of aryl methyl sites for hydroxylation is 1. The first-order valence-corrected chi connectivity index (χ1v) is 13.3. The molecule has 4 rings (SSSR count). The van der Waals surface area contributed by atoms with Crippen LogP contribution in [0.3, 0.4) is 0 Å². The Morgan fingerprint density at radius 3 is 2.60 bits per heavy atom. The van der Waals surface area contributed by atoms with Gasteiger partial charge in [-0.25, -0.2) is 13.4 Å². The predicted molar refractivity (Wildman–Crippen MR) is 139 cm³/mol. The molecule has 0 bridgehead atoms. The number of sulfone groups is 1. The Morgan fingerprint density at radius 2 is 1.89 bits per heavy atom. The van der Waals surface area contributed by atoms with Crippen LogP contribution in [0.15, 0.2) is 66.2 Å². The Balaban J connectivity index is 1.74. The summed E-state index contributed by atoms with van der Waals surface area (Å²) in [5, 5.41) is 0.899. The molecule has 0 unspecified atom stereocenters. The lowest BCUT2D eigenvalue weighted by Crippen LogP contribution is -2.10. The van der Waals surface area contributed by atoms with Crippen LogP contribution < -0.4 is 0 Å². The summed E-state index contributed by atoms with van der Waals surface area (Å²) in [6.45, 7) is 12.3. The van der Waals surface area contributed by atoms with Crippen molar-refractivity contribution in [2.75, 3.05) is 13.2 Å². The number of aromatic nitrogens is 3. The van der Waals surface area contributed by atoms with E-state index in [0.29, 0.717) is 30.9 Å². The fraction of sp³-hybridized carbons (Fsp3) is 0.333. The van der Waals surface area contributed by atoms with Gasteiger partial charge in [-0.05, 0) is 57.0 Å². The van der Waals surface area contributed by atoms with Crippen molar-refractivity contribution in [2.45, 2.75) is 51.3 Å². The lowest BCUT2D eigenvalue weighted by atomic mass is 10.1. The molecule has 0 saturated carbocycles. The minimum absolute atomic E-state index is 0.0453. The van der Waals surface area contributed by atoms with Crippen LogP contribution in [-0.2, 0) is 32.5 Å². The van der Waals surface area contributed by atoms with Crippen LogP contribution in [0.4, 0.5) is 0 Å². The largest absolute Gasteiger partial charge is 0.379 e. The van der Waals surface area contributed by atoms with Crippen molar-refractivity contribution in [3.8, 4) is 0 Å². The van der Waals surface area contributed by atoms with Crippen molar-refractivity contribution in [3.05, 3.63) is 72.7 Å². The smallest absolute Gasteiger partial charge is 0.206 e. The highest BCUT2D eigenvalue weighted by atomic mass is 32.2. The van der Waals surface area contributed by atoms with Crippen molar-refractivity contribution in [3.63, 3.8) is 0 Å². The van der Waals surface area contributed by atoms with Gasteiger partial charge >= 0.3 is 0 Å². The maximum Gasteiger partial charge on any atom is 0.206 e. The fourth-order valence-electron chi connectivity index (χ4n) is 4.02. The maximum absolute atomic E-state index is 13.1. The van der Waals surface area contributed by atoms with Gasteiger partial charge in [0, 0.05) is 25.1 Å². The van der Waals surface area contributed by atoms with Crippen LogP contribution in [0.5, 0.6) is 0 Å². The Bertz CT molecular complexity index is 1440. The predicted octanol–water partition coefficient (Wildman–Crippen LogP) is 5.38. The molecular weight excluding hydrogens is 462 g/mol. The van der Waals surface area contributed by atoms with Crippen LogP contribution in [0.2, 0.25) is 0 Å². The topological polar surface area (TPSA) is 83.3 Å². The highest BCUT2D eigenvalue weighted by Crippen LogP contribution is 2.31. The summed E-state index contributed by atoms with van der Waals surface area (Å²) in [7, 11) is -3.71. The Kier molecular flexibility index (Phi) is 7.64. The summed E-state index contributed by atoms with van der Waals surface area (Å²) in [4.78, 5) is 9.62. The summed E-state index contributed by atoms with van der Waals surface area (Å²) >= 11 is 0. The molecule has 35 heavy (non-hydrogen) atoms.